The number of anilines is 1. The summed E-state index contributed by atoms with van der Waals surface area (Å²) in [5.41, 5.74) is 4.76. The van der Waals surface area contributed by atoms with Gasteiger partial charge in [-0.05, 0) is 68.1 Å². The maximum Gasteiger partial charge on any atom is 0.261 e. The van der Waals surface area contributed by atoms with E-state index < -0.39 is 0 Å². The number of aromatic amines is 1. The standard InChI is InChI=1S/C27H34N4OS/c1-4-5-6-22(14-20-17-30-24-10-7-18(2)13-23(20)24)31-27(32)26-15-19-8-9-21(16-25(19)33-26)29-12-11-28-3/h7-10,13,15-17,22,28-30H,4-6,11-12,14H2,1-3H3,(H,31,32). The Hall–Kier alpha value is -2.83. The molecule has 33 heavy (non-hydrogen) atoms. The quantitative estimate of drug-likeness (QED) is 0.211. The molecule has 0 fully saturated rings. The molecule has 1 amide bonds. The number of aromatic nitrogens is 1. The highest BCUT2D eigenvalue weighted by atomic mass is 32.1. The SMILES string of the molecule is CCCCC(Cc1c[nH]c2ccc(C)cc12)NC(=O)c1cc2ccc(NCCNC)cc2s1. The van der Waals surface area contributed by atoms with Crippen LogP contribution >= 0.6 is 11.3 Å². The lowest BCUT2D eigenvalue weighted by Gasteiger charge is -2.18. The minimum Gasteiger partial charge on any atom is -0.384 e. The second-order valence-electron chi connectivity index (χ2n) is 8.77. The molecule has 0 radical (unpaired) electrons. The van der Waals surface area contributed by atoms with Crippen LogP contribution in [0.5, 0.6) is 0 Å². The number of carbonyl (C=O) groups excluding carboxylic acids is 1. The third kappa shape index (κ3) is 5.75. The maximum absolute atomic E-state index is 13.2. The molecule has 0 aliphatic rings. The topological polar surface area (TPSA) is 69.0 Å². The molecule has 4 rings (SSSR count). The first kappa shape index (κ1) is 23.3. The molecule has 0 bridgehead atoms. The summed E-state index contributed by atoms with van der Waals surface area (Å²) < 4.78 is 1.13. The fourth-order valence-electron chi connectivity index (χ4n) is 4.24. The van der Waals surface area contributed by atoms with Gasteiger partial charge in [-0.1, -0.05) is 37.5 Å². The summed E-state index contributed by atoms with van der Waals surface area (Å²) in [5, 5.41) is 12.3. The number of benzene rings is 2. The van der Waals surface area contributed by atoms with Crippen molar-refractivity contribution in [3.05, 3.63) is 64.7 Å². The maximum atomic E-state index is 13.2. The van der Waals surface area contributed by atoms with Crippen LogP contribution in [0.2, 0.25) is 0 Å². The molecule has 4 N–H and O–H groups in total. The van der Waals surface area contributed by atoms with Crippen molar-refractivity contribution in [2.75, 3.05) is 25.5 Å². The van der Waals surface area contributed by atoms with Gasteiger partial charge in [0.05, 0.1) is 4.88 Å². The van der Waals surface area contributed by atoms with Gasteiger partial charge in [0.1, 0.15) is 0 Å². The number of fused-ring (bicyclic) bond motifs is 2. The molecule has 4 aromatic rings. The second kappa shape index (κ2) is 10.9. The van der Waals surface area contributed by atoms with Crippen molar-refractivity contribution in [3.8, 4) is 0 Å². The molecule has 0 aliphatic carbocycles. The predicted molar refractivity (Wildman–Crippen MR) is 142 cm³/mol. The van der Waals surface area contributed by atoms with Crippen LogP contribution in [0.15, 0.2) is 48.7 Å². The van der Waals surface area contributed by atoms with Crippen molar-refractivity contribution >= 4 is 43.9 Å². The lowest BCUT2D eigenvalue weighted by molar-refractivity contribution is 0.0938. The Kier molecular flexibility index (Phi) is 7.68. The van der Waals surface area contributed by atoms with Gasteiger partial charge in [0, 0.05) is 46.6 Å². The summed E-state index contributed by atoms with van der Waals surface area (Å²) >= 11 is 1.56. The van der Waals surface area contributed by atoms with Crippen molar-refractivity contribution in [1.82, 2.24) is 15.6 Å². The molecule has 0 saturated carbocycles. The number of likely N-dealkylation sites (N-methyl/N-ethyl adjacent to an activating group) is 1. The lowest BCUT2D eigenvalue weighted by atomic mass is 9.99. The number of hydrogen-bond donors (Lipinski definition) is 4. The van der Waals surface area contributed by atoms with E-state index in [-0.39, 0.29) is 11.9 Å². The summed E-state index contributed by atoms with van der Waals surface area (Å²) in [6, 6.07) is 14.9. The number of amides is 1. The predicted octanol–water partition coefficient (Wildman–Crippen LogP) is 5.85. The molecule has 2 aromatic carbocycles. The Morgan fingerprint density at radius 2 is 2.00 bits per heavy atom. The molecule has 0 saturated heterocycles. The van der Waals surface area contributed by atoms with Crippen molar-refractivity contribution < 1.29 is 4.79 Å². The normalized spacial score (nSPS) is 12.3. The molecule has 0 aliphatic heterocycles. The molecule has 2 heterocycles. The Bertz CT molecular complexity index is 1230. The van der Waals surface area contributed by atoms with E-state index >= 15 is 0 Å². The van der Waals surface area contributed by atoms with Gasteiger partial charge in [-0.25, -0.2) is 0 Å². The first-order chi connectivity index (χ1) is 16.1. The Morgan fingerprint density at radius 3 is 2.82 bits per heavy atom. The van der Waals surface area contributed by atoms with Crippen molar-refractivity contribution in [1.29, 1.82) is 0 Å². The summed E-state index contributed by atoms with van der Waals surface area (Å²) in [7, 11) is 1.95. The first-order valence-electron chi connectivity index (χ1n) is 11.9. The zero-order valence-corrected chi connectivity index (χ0v) is 20.6. The number of nitrogens with one attached hydrogen (secondary N) is 4. The van der Waals surface area contributed by atoms with Gasteiger partial charge in [-0.3, -0.25) is 4.79 Å². The van der Waals surface area contributed by atoms with Crippen LogP contribution in [0.4, 0.5) is 5.69 Å². The van der Waals surface area contributed by atoms with E-state index in [0.717, 1.165) is 64.9 Å². The third-order valence-electron chi connectivity index (χ3n) is 6.08. The average Bonchev–Trinajstić information content (AvgIpc) is 3.41. The molecule has 2 aromatic heterocycles. The molecule has 1 unspecified atom stereocenters. The number of thiophene rings is 1. The van der Waals surface area contributed by atoms with Crippen molar-refractivity contribution in [3.63, 3.8) is 0 Å². The van der Waals surface area contributed by atoms with E-state index in [1.165, 1.54) is 16.5 Å². The van der Waals surface area contributed by atoms with Crippen LogP contribution in [0.1, 0.15) is 47.0 Å². The number of aryl methyl sites for hydroxylation is 1. The van der Waals surface area contributed by atoms with Gasteiger partial charge in [0.2, 0.25) is 0 Å². The Balaban J connectivity index is 1.49. The van der Waals surface area contributed by atoms with Crippen LogP contribution in [0, 0.1) is 6.92 Å². The summed E-state index contributed by atoms with van der Waals surface area (Å²) in [6.45, 7) is 6.09. The van der Waals surface area contributed by atoms with Crippen LogP contribution in [0.25, 0.3) is 21.0 Å². The lowest BCUT2D eigenvalue weighted by Crippen LogP contribution is -2.36. The van der Waals surface area contributed by atoms with E-state index in [1.54, 1.807) is 11.3 Å². The van der Waals surface area contributed by atoms with E-state index in [0.29, 0.717) is 0 Å². The van der Waals surface area contributed by atoms with Crippen molar-refractivity contribution in [2.45, 2.75) is 45.6 Å². The minimum absolute atomic E-state index is 0.0259. The Morgan fingerprint density at radius 1 is 1.12 bits per heavy atom. The van der Waals surface area contributed by atoms with Crippen LogP contribution in [0.3, 0.4) is 0 Å². The van der Waals surface area contributed by atoms with Gasteiger partial charge in [0.25, 0.3) is 5.91 Å². The van der Waals surface area contributed by atoms with Crippen LogP contribution in [-0.2, 0) is 6.42 Å². The highest BCUT2D eigenvalue weighted by molar-refractivity contribution is 7.20. The second-order valence-corrected chi connectivity index (χ2v) is 9.86. The fraction of sp³-hybridized carbons (Fsp3) is 0.370. The minimum atomic E-state index is 0.0259. The third-order valence-corrected chi connectivity index (χ3v) is 7.18. The van der Waals surface area contributed by atoms with E-state index in [2.05, 4.69) is 77.4 Å². The van der Waals surface area contributed by atoms with Gasteiger partial charge in [-0.2, -0.15) is 0 Å². The summed E-state index contributed by atoms with van der Waals surface area (Å²) in [4.78, 5) is 17.4. The molecule has 0 spiro atoms. The fourth-order valence-corrected chi connectivity index (χ4v) is 5.25. The zero-order chi connectivity index (χ0) is 23.2. The summed E-state index contributed by atoms with van der Waals surface area (Å²) in [6.07, 6.45) is 6.12. The molecule has 174 valence electrons. The van der Waals surface area contributed by atoms with E-state index in [1.807, 2.05) is 13.1 Å². The number of H-pyrrole nitrogens is 1. The highest BCUT2D eigenvalue weighted by Gasteiger charge is 2.18. The largest absolute Gasteiger partial charge is 0.384 e. The molecular formula is C27H34N4OS. The molecule has 6 heteroatoms. The van der Waals surface area contributed by atoms with Crippen molar-refractivity contribution in [2.24, 2.45) is 0 Å². The number of hydrogen-bond acceptors (Lipinski definition) is 4. The smallest absolute Gasteiger partial charge is 0.261 e. The monoisotopic (exact) mass is 462 g/mol. The van der Waals surface area contributed by atoms with Gasteiger partial charge in [0.15, 0.2) is 0 Å². The first-order valence-corrected chi connectivity index (χ1v) is 12.7. The highest BCUT2D eigenvalue weighted by Crippen LogP contribution is 2.29. The number of rotatable bonds is 11. The zero-order valence-electron chi connectivity index (χ0n) is 19.8. The van der Waals surface area contributed by atoms with Gasteiger partial charge in [-0.15, -0.1) is 11.3 Å². The number of carbonyl (C=O) groups is 1. The molecular weight excluding hydrogens is 428 g/mol. The molecule has 1 atom stereocenters. The number of unbranched alkanes of at least 4 members (excludes halogenated alkanes) is 1. The summed E-state index contributed by atoms with van der Waals surface area (Å²) in [5.74, 6) is 0.0259. The Labute approximate surface area is 200 Å². The van der Waals surface area contributed by atoms with Gasteiger partial charge < -0.3 is 20.9 Å². The van der Waals surface area contributed by atoms with Crippen LogP contribution < -0.4 is 16.0 Å². The van der Waals surface area contributed by atoms with E-state index in [4.69, 9.17) is 0 Å². The molecule has 5 nitrogen and oxygen atoms in total. The average molecular weight is 463 g/mol. The van der Waals surface area contributed by atoms with E-state index in [9.17, 15) is 4.79 Å². The van der Waals surface area contributed by atoms with Crippen LogP contribution in [-0.4, -0.2) is 37.1 Å². The van der Waals surface area contributed by atoms with Gasteiger partial charge >= 0.3 is 0 Å².